The summed E-state index contributed by atoms with van der Waals surface area (Å²) in [5, 5.41) is 0. The second-order valence-electron chi connectivity index (χ2n) is 18.1. The minimum Gasteiger partial charge on any atom is -0.462 e. The van der Waals surface area contributed by atoms with Gasteiger partial charge >= 0.3 is 5.97 Å². The fourth-order valence-electron chi connectivity index (χ4n) is 11.6. The molecule has 0 bridgehead atoms. The van der Waals surface area contributed by atoms with Gasteiger partial charge in [0, 0.05) is 12.8 Å². The first-order valence-corrected chi connectivity index (χ1v) is 21.9. The Balaban J connectivity index is 1.13. The van der Waals surface area contributed by atoms with Crippen LogP contribution in [0.3, 0.4) is 0 Å². The number of rotatable bonds is 22. The van der Waals surface area contributed by atoms with E-state index in [1.807, 2.05) is 0 Å². The van der Waals surface area contributed by atoms with E-state index in [2.05, 4.69) is 66.3 Å². The fraction of sp³-hybridized carbons (Fsp3) is 0.851. The number of hydrogen-bond acceptors (Lipinski definition) is 2. The Labute approximate surface area is 305 Å². The zero-order valence-corrected chi connectivity index (χ0v) is 33.5. The van der Waals surface area contributed by atoms with E-state index < -0.39 is 0 Å². The smallest absolute Gasteiger partial charge is 0.306 e. The fourth-order valence-corrected chi connectivity index (χ4v) is 11.6. The second kappa shape index (κ2) is 20.1. The van der Waals surface area contributed by atoms with E-state index in [0.29, 0.717) is 29.1 Å². The van der Waals surface area contributed by atoms with Gasteiger partial charge in [0.05, 0.1) is 0 Å². The Morgan fingerprint density at radius 1 is 0.837 bits per heavy atom. The van der Waals surface area contributed by atoms with E-state index in [-0.39, 0.29) is 12.1 Å². The lowest BCUT2D eigenvalue weighted by molar-refractivity contribution is -0.151. The van der Waals surface area contributed by atoms with Gasteiger partial charge in [-0.2, -0.15) is 0 Å². The van der Waals surface area contributed by atoms with Crippen molar-refractivity contribution in [2.24, 2.45) is 46.3 Å². The van der Waals surface area contributed by atoms with Crippen LogP contribution in [0.5, 0.6) is 0 Å². The van der Waals surface area contributed by atoms with Crippen LogP contribution >= 0.6 is 0 Å². The summed E-state index contributed by atoms with van der Waals surface area (Å²) in [4.78, 5) is 12.8. The van der Waals surface area contributed by atoms with Crippen LogP contribution in [-0.2, 0) is 9.53 Å². The highest BCUT2D eigenvalue weighted by molar-refractivity contribution is 5.69. The van der Waals surface area contributed by atoms with E-state index in [4.69, 9.17) is 4.74 Å². The van der Waals surface area contributed by atoms with Crippen molar-refractivity contribution in [3.8, 4) is 0 Å². The Hall–Kier alpha value is -1.31. The summed E-state index contributed by atoms with van der Waals surface area (Å²) in [6.45, 7) is 18.8. The molecular weight excluding hydrogens is 597 g/mol. The van der Waals surface area contributed by atoms with Crippen molar-refractivity contribution in [2.45, 2.75) is 208 Å². The van der Waals surface area contributed by atoms with Crippen molar-refractivity contribution in [1.29, 1.82) is 0 Å². The molecule has 3 fully saturated rings. The van der Waals surface area contributed by atoms with E-state index in [9.17, 15) is 4.79 Å². The number of carbonyl (C=O) groups is 1. The molecule has 0 saturated heterocycles. The van der Waals surface area contributed by atoms with Crippen LogP contribution < -0.4 is 0 Å². The Morgan fingerprint density at radius 3 is 2.04 bits per heavy atom. The summed E-state index contributed by atoms with van der Waals surface area (Å²) in [7, 11) is 0. The number of allylic oxidation sites excluding steroid dienone is 4. The number of esters is 1. The molecule has 2 heteroatoms. The minimum absolute atomic E-state index is 0.0553. The monoisotopic (exact) mass is 677 g/mol. The molecule has 0 aromatic carbocycles. The van der Waals surface area contributed by atoms with E-state index >= 15 is 0 Å². The van der Waals surface area contributed by atoms with Crippen LogP contribution in [0, 0.1) is 46.3 Å². The molecule has 0 radical (unpaired) electrons. The summed E-state index contributed by atoms with van der Waals surface area (Å²) in [5.41, 5.74) is 3.70. The van der Waals surface area contributed by atoms with Crippen LogP contribution in [0.2, 0.25) is 0 Å². The van der Waals surface area contributed by atoms with Gasteiger partial charge in [-0.15, -0.1) is 0 Å². The van der Waals surface area contributed by atoms with E-state index in [1.165, 1.54) is 134 Å². The van der Waals surface area contributed by atoms with Crippen molar-refractivity contribution in [3.63, 3.8) is 0 Å². The van der Waals surface area contributed by atoms with Crippen molar-refractivity contribution in [2.75, 3.05) is 0 Å². The molecule has 0 aromatic heterocycles. The molecule has 4 rings (SSSR count). The van der Waals surface area contributed by atoms with Gasteiger partial charge in [0.25, 0.3) is 0 Å². The lowest BCUT2D eigenvalue weighted by atomic mass is 9.47. The molecule has 0 aromatic rings. The molecule has 3 saturated carbocycles. The highest BCUT2D eigenvalue weighted by Gasteiger charge is 2.59. The molecule has 0 aliphatic heterocycles. The number of unbranched alkanes of at least 4 members (excludes halogenated alkanes) is 14. The van der Waals surface area contributed by atoms with Gasteiger partial charge in [0.15, 0.2) is 0 Å². The van der Waals surface area contributed by atoms with Crippen LogP contribution in [0.15, 0.2) is 36.0 Å². The highest BCUT2D eigenvalue weighted by atomic mass is 16.5. The van der Waals surface area contributed by atoms with Gasteiger partial charge in [0.2, 0.25) is 0 Å². The first-order valence-electron chi connectivity index (χ1n) is 21.9. The number of fused-ring (bicyclic) bond motifs is 5. The molecule has 2 nitrogen and oxygen atoms in total. The number of ether oxygens (including phenoxy) is 1. The third-order valence-corrected chi connectivity index (χ3v) is 14.8. The first kappa shape index (κ1) is 40.5. The molecule has 4 aliphatic carbocycles. The van der Waals surface area contributed by atoms with Crippen LogP contribution in [-0.4, -0.2) is 12.1 Å². The van der Waals surface area contributed by atoms with Gasteiger partial charge in [-0.25, -0.2) is 0 Å². The maximum Gasteiger partial charge on any atom is 0.306 e. The van der Waals surface area contributed by atoms with Crippen molar-refractivity contribution in [1.82, 2.24) is 0 Å². The largest absolute Gasteiger partial charge is 0.462 e. The summed E-state index contributed by atoms with van der Waals surface area (Å²) >= 11 is 0. The lowest BCUT2D eigenvalue weighted by Gasteiger charge is -2.58. The molecule has 280 valence electrons. The lowest BCUT2D eigenvalue weighted by Crippen LogP contribution is -2.51. The van der Waals surface area contributed by atoms with Crippen LogP contribution in [0.4, 0.5) is 0 Å². The first-order chi connectivity index (χ1) is 23.6. The topological polar surface area (TPSA) is 26.3 Å². The molecule has 0 heterocycles. The average Bonchev–Trinajstić information content (AvgIpc) is 3.44. The SMILES string of the molecule is C=C(C)[C@@H](/C=C/[C@@H](C)[C@H]1CC[C@@H]2[C@H]3CC=C4C[C@@H](OC(=O)CCCCCCCCCCCCCCCCC)CC[C@]4(C)[C@H]3CC[C@@]21C)CC. The van der Waals surface area contributed by atoms with Gasteiger partial charge in [-0.3, -0.25) is 4.79 Å². The summed E-state index contributed by atoms with van der Waals surface area (Å²) in [6.07, 6.45) is 39.9. The molecule has 0 amide bonds. The Bertz CT molecular complexity index is 1070. The van der Waals surface area contributed by atoms with Crippen molar-refractivity contribution < 1.29 is 9.53 Å². The Morgan fingerprint density at radius 2 is 1.45 bits per heavy atom. The molecule has 0 spiro atoms. The molecule has 0 N–H and O–H groups in total. The third kappa shape index (κ3) is 10.9. The van der Waals surface area contributed by atoms with Crippen molar-refractivity contribution in [3.05, 3.63) is 36.0 Å². The Kier molecular flexibility index (Phi) is 16.6. The second-order valence-corrected chi connectivity index (χ2v) is 18.1. The zero-order chi connectivity index (χ0) is 35.3. The van der Waals surface area contributed by atoms with Gasteiger partial charge < -0.3 is 4.74 Å². The number of hydrogen-bond donors (Lipinski definition) is 0. The normalized spacial score (nSPS) is 32.2. The standard InChI is InChI=1S/C47H80O2/c1-8-10-11-12-13-14-15-16-17-18-19-20-21-22-23-24-45(48)49-40-31-33-46(6)39(35-40)27-28-41-43-30-29-42(47(43,7)34-32-44(41)46)37(5)25-26-38(9-2)36(3)4/h25-27,37-38,40-44H,3,8-24,28-35H2,1-2,4-7H3/b26-25+/t37-,38-,40+,41-,42-,43-,44+,46+,47-/m1/s1. The molecule has 9 atom stereocenters. The maximum atomic E-state index is 12.8. The van der Waals surface area contributed by atoms with Crippen LogP contribution in [0.1, 0.15) is 202 Å². The predicted molar refractivity (Wildman–Crippen MR) is 212 cm³/mol. The molecule has 4 aliphatic rings. The zero-order valence-electron chi connectivity index (χ0n) is 33.5. The van der Waals surface area contributed by atoms with E-state index in [1.54, 1.807) is 5.57 Å². The van der Waals surface area contributed by atoms with Crippen molar-refractivity contribution >= 4 is 5.97 Å². The average molecular weight is 677 g/mol. The third-order valence-electron chi connectivity index (χ3n) is 14.8. The predicted octanol–water partition coefficient (Wildman–Crippen LogP) is 14.5. The quantitative estimate of drug-likeness (QED) is 0.0648. The summed E-state index contributed by atoms with van der Waals surface area (Å²) in [6, 6.07) is 0. The minimum atomic E-state index is 0.0553. The molecular formula is C47H80O2. The van der Waals surface area contributed by atoms with Gasteiger partial charge in [-0.1, -0.05) is 160 Å². The summed E-state index contributed by atoms with van der Waals surface area (Å²) < 4.78 is 6.14. The maximum absolute atomic E-state index is 12.8. The number of carbonyl (C=O) groups excluding carboxylic acids is 1. The van der Waals surface area contributed by atoms with Crippen LogP contribution in [0.25, 0.3) is 0 Å². The molecule has 0 unspecified atom stereocenters. The van der Waals surface area contributed by atoms with Gasteiger partial charge in [-0.05, 0) is 111 Å². The molecule has 49 heavy (non-hydrogen) atoms. The highest BCUT2D eigenvalue weighted by Crippen LogP contribution is 2.67. The van der Waals surface area contributed by atoms with E-state index in [0.717, 1.165) is 49.4 Å². The summed E-state index contributed by atoms with van der Waals surface area (Å²) in [5.74, 6) is 4.51. The van der Waals surface area contributed by atoms with Gasteiger partial charge in [0.1, 0.15) is 6.10 Å².